The summed E-state index contributed by atoms with van der Waals surface area (Å²) in [7, 11) is 8.42. The minimum atomic E-state index is 0.103. The maximum absolute atomic E-state index is 3.74. The van der Waals surface area contributed by atoms with Gasteiger partial charge in [0.05, 0.1) is 0 Å². The van der Waals surface area contributed by atoms with Crippen LogP contribution in [0.3, 0.4) is 0 Å². The molecular formula is C33H33N3. The number of hydrogen-bond acceptors (Lipinski definition) is 3. The van der Waals surface area contributed by atoms with Crippen molar-refractivity contribution < 1.29 is 0 Å². The summed E-state index contributed by atoms with van der Waals surface area (Å²) >= 11 is 0. The lowest BCUT2D eigenvalue weighted by Crippen LogP contribution is -2.16. The predicted molar refractivity (Wildman–Crippen MR) is 156 cm³/mol. The molecular weight excluding hydrogens is 438 g/mol. The zero-order chi connectivity index (χ0) is 25.1. The summed E-state index contributed by atoms with van der Waals surface area (Å²) in [6.45, 7) is 0. The molecule has 1 N–H and O–H groups in total. The van der Waals surface area contributed by atoms with E-state index in [1.807, 2.05) is 0 Å². The first-order valence-corrected chi connectivity index (χ1v) is 12.4. The Balaban J connectivity index is 1.74. The molecule has 0 unspecified atom stereocenters. The molecule has 0 aliphatic heterocycles. The second-order valence-corrected chi connectivity index (χ2v) is 9.62. The molecule has 0 bridgehead atoms. The second kappa shape index (κ2) is 10.2. The van der Waals surface area contributed by atoms with Crippen molar-refractivity contribution in [1.29, 1.82) is 0 Å². The molecule has 0 fully saturated rings. The molecule has 180 valence electrons. The average molecular weight is 472 g/mol. The number of benzene rings is 5. The average Bonchev–Trinajstić information content (AvgIpc) is 2.90. The van der Waals surface area contributed by atoms with Crippen LogP contribution in [0.4, 0.5) is 22.7 Å². The summed E-state index contributed by atoms with van der Waals surface area (Å²) in [5.74, 6) is 0.103. The summed E-state index contributed by atoms with van der Waals surface area (Å²) in [6.07, 6.45) is 0. The minimum absolute atomic E-state index is 0.103. The molecule has 3 heteroatoms. The van der Waals surface area contributed by atoms with Gasteiger partial charge in [0.15, 0.2) is 0 Å². The molecule has 0 aliphatic rings. The molecule has 0 heterocycles. The Labute approximate surface area is 214 Å². The van der Waals surface area contributed by atoms with Gasteiger partial charge in [-0.1, -0.05) is 84.9 Å². The number of nitrogens with one attached hydrogen (secondary N) is 1. The largest absolute Gasteiger partial charge is 0.378 e. The maximum atomic E-state index is 3.74. The molecule has 0 aromatic heterocycles. The van der Waals surface area contributed by atoms with E-state index in [1.165, 1.54) is 38.8 Å². The Hall–Kier alpha value is -4.24. The summed E-state index contributed by atoms with van der Waals surface area (Å²) in [5, 5.41) is 6.19. The lowest BCUT2D eigenvalue weighted by atomic mass is 9.82. The standard InChI is InChI=1S/C33H33N3/c1-35(2)27-21-19-26(20-22-27)34-31-23-30(33(36(3)4)29-18-12-11-17-28(29)31)32(24-13-7-5-8-14-24)25-15-9-6-10-16-25/h5-23,32,34H,1-4H3. The van der Waals surface area contributed by atoms with Gasteiger partial charge in [-0.3, -0.25) is 0 Å². The SMILES string of the molecule is CN(C)c1ccc(Nc2cc(C(c3ccccc3)c3ccccc3)c(N(C)C)c3ccccc23)cc1. The normalized spacial score (nSPS) is 11.0. The fourth-order valence-electron chi connectivity index (χ4n) is 5.05. The first kappa shape index (κ1) is 23.5. The van der Waals surface area contributed by atoms with Crippen molar-refractivity contribution in [2.24, 2.45) is 0 Å². The van der Waals surface area contributed by atoms with E-state index >= 15 is 0 Å². The van der Waals surface area contributed by atoms with Crippen molar-refractivity contribution in [3.05, 3.63) is 132 Å². The molecule has 3 nitrogen and oxygen atoms in total. The Kier molecular flexibility index (Phi) is 6.64. The van der Waals surface area contributed by atoms with Gasteiger partial charge in [0, 0.05) is 67.6 Å². The predicted octanol–water partition coefficient (Wildman–Crippen LogP) is 7.90. The van der Waals surface area contributed by atoms with Crippen LogP contribution in [0.2, 0.25) is 0 Å². The summed E-state index contributed by atoms with van der Waals surface area (Å²) in [6, 6.07) is 41.3. The van der Waals surface area contributed by atoms with Gasteiger partial charge in [0.1, 0.15) is 0 Å². The van der Waals surface area contributed by atoms with E-state index in [4.69, 9.17) is 0 Å². The quantitative estimate of drug-likeness (QED) is 0.243. The number of hydrogen-bond donors (Lipinski definition) is 1. The lowest BCUT2D eigenvalue weighted by molar-refractivity contribution is 0.963. The number of nitrogens with zero attached hydrogens (tertiary/aromatic N) is 2. The first-order valence-electron chi connectivity index (χ1n) is 12.4. The van der Waals surface area contributed by atoms with Crippen LogP contribution in [-0.4, -0.2) is 28.2 Å². The van der Waals surface area contributed by atoms with Gasteiger partial charge in [0.2, 0.25) is 0 Å². The molecule has 0 radical (unpaired) electrons. The third-order valence-electron chi connectivity index (χ3n) is 6.73. The molecule has 5 aromatic carbocycles. The van der Waals surface area contributed by atoms with Crippen molar-refractivity contribution >= 4 is 33.5 Å². The van der Waals surface area contributed by atoms with Gasteiger partial charge in [0.25, 0.3) is 0 Å². The smallest absolute Gasteiger partial charge is 0.0484 e. The van der Waals surface area contributed by atoms with E-state index in [1.54, 1.807) is 0 Å². The number of fused-ring (bicyclic) bond motifs is 1. The van der Waals surface area contributed by atoms with Gasteiger partial charge >= 0.3 is 0 Å². The zero-order valence-electron chi connectivity index (χ0n) is 21.4. The lowest BCUT2D eigenvalue weighted by Gasteiger charge is -2.28. The molecule has 0 aliphatic carbocycles. The monoisotopic (exact) mass is 471 g/mol. The molecule has 0 saturated carbocycles. The van der Waals surface area contributed by atoms with Crippen LogP contribution in [0.5, 0.6) is 0 Å². The van der Waals surface area contributed by atoms with Crippen molar-refractivity contribution in [2.75, 3.05) is 43.3 Å². The molecule has 0 atom stereocenters. The molecule has 5 rings (SSSR count). The Bertz CT molecular complexity index is 1400. The van der Waals surface area contributed by atoms with Gasteiger partial charge in [-0.25, -0.2) is 0 Å². The van der Waals surface area contributed by atoms with Crippen molar-refractivity contribution in [3.63, 3.8) is 0 Å². The van der Waals surface area contributed by atoms with E-state index in [-0.39, 0.29) is 5.92 Å². The molecule has 5 aromatic rings. The van der Waals surface area contributed by atoms with Crippen LogP contribution >= 0.6 is 0 Å². The first-order chi connectivity index (χ1) is 17.5. The highest BCUT2D eigenvalue weighted by atomic mass is 15.1. The number of rotatable bonds is 7. The highest BCUT2D eigenvalue weighted by Gasteiger charge is 2.24. The summed E-state index contributed by atoms with van der Waals surface area (Å²) in [5.41, 5.74) is 8.46. The molecule has 36 heavy (non-hydrogen) atoms. The van der Waals surface area contributed by atoms with Crippen LogP contribution in [-0.2, 0) is 0 Å². The highest BCUT2D eigenvalue weighted by Crippen LogP contribution is 2.44. The Morgan fingerprint density at radius 1 is 0.556 bits per heavy atom. The van der Waals surface area contributed by atoms with Crippen LogP contribution in [0.1, 0.15) is 22.6 Å². The summed E-state index contributed by atoms with van der Waals surface area (Å²) < 4.78 is 0. The fraction of sp³-hybridized carbons (Fsp3) is 0.152. The highest BCUT2D eigenvalue weighted by molar-refractivity contribution is 6.05. The van der Waals surface area contributed by atoms with Gasteiger partial charge < -0.3 is 15.1 Å². The van der Waals surface area contributed by atoms with E-state index < -0.39 is 0 Å². The maximum Gasteiger partial charge on any atom is 0.0484 e. The van der Waals surface area contributed by atoms with Gasteiger partial charge in [-0.15, -0.1) is 0 Å². The summed E-state index contributed by atoms with van der Waals surface area (Å²) in [4.78, 5) is 4.37. The number of anilines is 4. The third-order valence-corrected chi connectivity index (χ3v) is 6.73. The van der Waals surface area contributed by atoms with Gasteiger partial charge in [-0.05, 0) is 47.0 Å². The minimum Gasteiger partial charge on any atom is -0.378 e. The van der Waals surface area contributed by atoms with Crippen LogP contribution in [0.25, 0.3) is 10.8 Å². The van der Waals surface area contributed by atoms with Crippen molar-refractivity contribution in [1.82, 2.24) is 0 Å². The zero-order valence-corrected chi connectivity index (χ0v) is 21.4. The Morgan fingerprint density at radius 2 is 1.08 bits per heavy atom. The third kappa shape index (κ3) is 4.65. The van der Waals surface area contributed by atoms with Gasteiger partial charge in [-0.2, -0.15) is 0 Å². The molecule has 0 saturated heterocycles. The Morgan fingerprint density at radius 3 is 1.61 bits per heavy atom. The van der Waals surface area contributed by atoms with Crippen LogP contribution < -0.4 is 15.1 Å². The molecule has 0 spiro atoms. The van der Waals surface area contributed by atoms with Crippen LogP contribution in [0.15, 0.2) is 115 Å². The van der Waals surface area contributed by atoms with Crippen molar-refractivity contribution in [3.8, 4) is 0 Å². The van der Waals surface area contributed by atoms with Crippen LogP contribution in [0, 0.1) is 0 Å². The van der Waals surface area contributed by atoms with E-state index in [0.717, 1.165) is 11.4 Å². The van der Waals surface area contributed by atoms with E-state index in [2.05, 4.69) is 159 Å². The van der Waals surface area contributed by atoms with Crippen molar-refractivity contribution in [2.45, 2.75) is 5.92 Å². The van der Waals surface area contributed by atoms with E-state index in [0.29, 0.717) is 0 Å². The molecule has 0 amide bonds. The fourth-order valence-corrected chi connectivity index (χ4v) is 5.05. The second-order valence-electron chi connectivity index (χ2n) is 9.62. The van der Waals surface area contributed by atoms with E-state index in [9.17, 15) is 0 Å². The topological polar surface area (TPSA) is 18.5 Å².